The van der Waals surface area contributed by atoms with Crippen LogP contribution in [0.5, 0.6) is 0 Å². The van der Waals surface area contributed by atoms with Crippen LogP contribution in [0.3, 0.4) is 0 Å². The number of halogens is 1. The Balaban J connectivity index is 2.42. The fourth-order valence-electron chi connectivity index (χ4n) is 1.81. The molecule has 1 unspecified atom stereocenters. The molecule has 1 aromatic carbocycles. The van der Waals surface area contributed by atoms with Crippen molar-refractivity contribution in [2.24, 2.45) is 0 Å². The highest BCUT2D eigenvalue weighted by Gasteiger charge is 2.42. The van der Waals surface area contributed by atoms with Gasteiger partial charge in [-0.05, 0) is 25.1 Å². The Morgan fingerprint density at radius 3 is 2.63 bits per heavy atom. The van der Waals surface area contributed by atoms with Gasteiger partial charge in [0.2, 0.25) is 0 Å². The molecule has 1 atom stereocenters. The number of aliphatic carboxylic acids is 1. The number of rotatable bonds is 3. The maximum absolute atomic E-state index is 11.8. The number of carbonyl (C=O) groups is 3. The van der Waals surface area contributed by atoms with Gasteiger partial charge in [0.25, 0.3) is 11.7 Å². The number of ketones is 1. The average Bonchev–Trinajstić information content (AvgIpc) is 2.54. The molecule has 1 aromatic rings. The first-order chi connectivity index (χ1) is 8.74. The van der Waals surface area contributed by atoms with Crippen LogP contribution in [-0.4, -0.2) is 40.0 Å². The molecule has 0 fully saturated rings. The second-order valence-electron chi connectivity index (χ2n) is 4.46. The van der Waals surface area contributed by atoms with Crippen LogP contribution in [0.1, 0.15) is 17.3 Å². The maximum atomic E-state index is 11.8. The van der Waals surface area contributed by atoms with Gasteiger partial charge in [0.15, 0.2) is 5.60 Å². The molecule has 0 radical (unpaired) electrons. The topological polar surface area (TPSA) is 94.9 Å². The summed E-state index contributed by atoms with van der Waals surface area (Å²) in [6.45, 7) is 0.544. The molecule has 0 spiro atoms. The van der Waals surface area contributed by atoms with E-state index in [1.165, 1.54) is 18.2 Å². The summed E-state index contributed by atoms with van der Waals surface area (Å²) in [4.78, 5) is 35.4. The fourth-order valence-corrected chi connectivity index (χ4v) is 1.98. The van der Waals surface area contributed by atoms with Crippen molar-refractivity contribution in [3.8, 4) is 0 Å². The highest BCUT2D eigenvalue weighted by Crippen LogP contribution is 2.32. The first-order valence-electron chi connectivity index (χ1n) is 5.35. The van der Waals surface area contributed by atoms with Crippen molar-refractivity contribution in [2.45, 2.75) is 12.5 Å². The predicted molar refractivity (Wildman–Crippen MR) is 66.4 cm³/mol. The molecule has 7 heteroatoms. The van der Waals surface area contributed by atoms with Gasteiger partial charge in [0, 0.05) is 5.02 Å². The van der Waals surface area contributed by atoms with E-state index in [0.29, 0.717) is 5.02 Å². The highest BCUT2D eigenvalue weighted by atomic mass is 35.5. The third kappa shape index (κ3) is 2.20. The van der Waals surface area contributed by atoms with Gasteiger partial charge in [0.05, 0.1) is 17.8 Å². The van der Waals surface area contributed by atoms with Crippen LogP contribution in [0.25, 0.3) is 0 Å². The molecule has 0 saturated heterocycles. The first kappa shape index (κ1) is 13.5. The Morgan fingerprint density at radius 2 is 2.05 bits per heavy atom. The lowest BCUT2D eigenvalue weighted by molar-refractivity contribution is -0.155. The van der Waals surface area contributed by atoms with E-state index in [2.05, 4.69) is 0 Å². The molecule has 2 N–H and O–H groups in total. The summed E-state index contributed by atoms with van der Waals surface area (Å²) in [5.41, 5.74) is -1.78. The summed E-state index contributed by atoms with van der Waals surface area (Å²) < 4.78 is 0. The third-order valence-corrected chi connectivity index (χ3v) is 3.10. The molecule has 19 heavy (non-hydrogen) atoms. The summed E-state index contributed by atoms with van der Waals surface area (Å²) in [5, 5.41) is 18.9. The molecular formula is C12H10ClNO5. The van der Waals surface area contributed by atoms with E-state index in [1.807, 2.05) is 0 Å². The monoisotopic (exact) mass is 283 g/mol. The summed E-state index contributed by atoms with van der Waals surface area (Å²) in [6, 6.07) is 4.26. The van der Waals surface area contributed by atoms with Crippen molar-refractivity contribution >= 4 is 34.9 Å². The van der Waals surface area contributed by atoms with Crippen molar-refractivity contribution in [1.82, 2.24) is 0 Å². The van der Waals surface area contributed by atoms with Crippen LogP contribution < -0.4 is 4.90 Å². The van der Waals surface area contributed by atoms with E-state index in [9.17, 15) is 19.5 Å². The smallest absolute Gasteiger partial charge is 0.337 e. The number of benzene rings is 1. The Labute approximate surface area is 113 Å². The molecule has 6 nitrogen and oxygen atoms in total. The number of carboxylic acids is 1. The summed E-state index contributed by atoms with van der Waals surface area (Å²) in [7, 11) is 0. The Bertz CT molecular complexity index is 596. The Morgan fingerprint density at radius 1 is 1.42 bits per heavy atom. The number of carboxylic acid groups (broad SMARTS) is 1. The van der Waals surface area contributed by atoms with Gasteiger partial charge >= 0.3 is 5.97 Å². The normalized spacial score (nSPS) is 17.3. The lowest BCUT2D eigenvalue weighted by Crippen LogP contribution is -2.48. The minimum absolute atomic E-state index is 0.110. The van der Waals surface area contributed by atoms with Gasteiger partial charge in [-0.1, -0.05) is 11.6 Å². The van der Waals surface area contributed by atoms with Crippen molar-refractivity contribution in [3.63, 3.8) is 0 Å². The Kier molecular flexibility index (Phi) is 3.07. The van der Waals surface area contributed by atoms with Crippen molar-refractivity contribution in [2.75, 3.05) is 11.4 Å². The van der Waals surface area contributed by atoms with E-state index < -0.39 is 29.8 Å². The number of amides is 1. The third-order valence-electron chi connectivity index (χ3n) is 2.86. The van der Waals surface area contributed by atoms with Gasteiger partial charge in [-0.15, -0.1) is 0 Å². The van der Waals surface area contributed by atoms with E-state index in [-0.39, 0.29) is 11.3 Å². The number of Topliss-reactive ketones (excluding diaryl/α,β-unsaturated/α-hetero) is 1. The van der Waals surface area contributed by atoms with Gasteiger partial charge in [-0.3, -0.25) is 9.59 Å². The van der Waals surface area contributed by atoms with E-state index in [0.717, 1.165) is 11.8 Å². The molecule has 100 valence electrons. The summed E-state index contributed by atoms with van der Waals surface area (Å²) >= 11 is 5.74. The quantitative estimate of drug-likeness (QED) is 0.797. The van der Waals surface area contributed by atoms with Crippen molar-refractivity contribution in [3.05, 3.63) is 28.8 Å². The van der Waals surface area contributed by atoms with Gasteiger partial charge < -0.3 is 15.1 Å². The molecule has 1 amide bonds. The Hall–Kier alpha value is -1.92. The zero-order valence-corrected chi connectivity index (χ0v) is 10.6. The van der Waals surface area contributed by atoms with Crippen LogP contribution in [0.4, 0.5) is 5.69 Å². The number of β-amino-alcohol motifs (C(OH)–C–C–N with tert-alkyl or cyclic N) is 1. The molecule has 1 heterocycles. The molecule has 0 bridgehead atoms. The fraction of sp³-hybridized carbons (Fsp3) is 0.250. The van der Waals surface area contributed by atoms with E-state index >= 15 is 0 Å². The lowest BCUT2D eigenvalue weighted by Gasteiger charge is -2.25. The SMILES string of the molecule is CC(O)(CN1C(=O)C(=O)c2cc(Cl)ccc21)C(=O)O. The van der Waals surface area contributed by atoms with Gasteiger partial charge in [-0.2, -0.15) is 0 Å². The zero-order valence-electron chi connectivity index (χ0n) is 9.88. The lowest BCUT2D eigenvalue weighted by atomic mass is 10.1. The van der Waals surface area contributed by atoms with E-state index in [1.54, 1.807) is 0 Å². The number of carbonyl (C=O) groups excluding carboxylic acids is 2. The second-order valence-corrected chi connectivity index (χ2v) is 4.90. The molecule has 0 saturated carbocycles. The van der Waals surface area contributed by atoms with E-state index in [4.69, 9.17) is 16.7 Å². The second kappa shape index (κ2) is 4.32. The number of fused-ring (bicyclic) bond motifs is 1. The molecule has 0 aliphatic carbocycles. The van der Waals surface area contributed by atoms with Gasteiger partial charge in [0.1, 0.15) is 0 Å². The number of aliphatic hydroxyl groups is 1. The minimum Gasteiger partial charge on any atom is -0.479 e. The molecule has 2 rings (SSSR count). The zero-order chi connectivity index (χ0) is 14.4. The average molecular weight is 284 g/mol. The van der Waals surface area contributed by atoms with Crippen molar-refractivity contribution < 1.29 is 24.6 Å². The number of nitrogens with zero attached hydrogens (tertiary/aromatic N) is 1. The van der Waals surface area contributed by atoms with Crippen LogP contribution >= 0.6 is 11.6 Å². The standard InChI is InChI=1S/C12H10ClNO5/c1-12(19,11(17)18)5-14-8-3-2-6(13)4-7(8)9(15)10(14)16/h2-4,19H,5H2,1H3,(H,17,18). The van der Waals surface area contributed by atoms with Crippen LogP contribution in [-0.2, 0) is 9.59 Å². The highest BCUT2D eigenvalue weighted by molar-refractivity contribution is 6.52. The minimum atomic E-state index is -2.14. The van der Waals surface area contributed by atoms with Crippen LogP contribution in [0.15, 0.2) is 18.2 Å². The number of hydrogen-bond acceptors (Lipinski definition) is 4. The maximum Gasteiger partial charge on any atom is 0.337 e. The number of hydrogen-bond donors (Lipinski definition) is 2. The first-order valence-corrected chi connectivity index (χ1v) is 5.73. The molecule has 1 aliphatic heterocycles. The van der Waals surface area contributed by atoms with Gasteiger partial charge in [-0.25, -0.2) is 4.79 Å². The summed E-state index contributed by atoms with van der Waals surface area (Å²) in [6.07, 6.45) is 0. The van der Waals surface area contributed by atoms with Crippen LogP contribution in [0.2, 0.25) is 5.02 Å². The summed E-state index contributed by atoms with van der Waals surface area (Å²) in [5.74, 6) is -3.12. The van der Waals surface area contributed by atoms with Crippen LogP contribution in [0, 0.1) is 0 Å². The molecule has 1 aliphatic rings. The largest absolute Gasteiger partial charge is 0.479 e. The molecular weight excluding hydrogens is 274 g/mol. The van der Waals surface area contributed by atoms with Crippen molar-refractivity contribution in [1.29, 1.82) is 0 Å². The predicted octanol–water partition coefficient (Wildman–Crippen LogP) is 0.705. The molecule has 0 aromatic heterocycles. The number of anilines is 1.